The Bertz CT molecular complexity index is 1120. The average Bonchev–Trinajstić information content (AvgIpc) is 3.14. The molecule has 0 amide bonds. The molecule has 0 radical (unpaired) electrons. The number of ether oxygens (including phenoxy) is 1. The molecule has 6 nitrogen and oxygen atoms in total. The minimum absolute atomic E-state index is 0.329. The number of hydrogen-bond donors (Lipinski definition) is 0. The number of hydrogen-bond acceptors (Lipinski definition) is 5. The van der Waals surface area contributed by atoms with E-state index in [1.807, 2.05) is 49.8 Å². The highest BCUT2D eigenvalue weighted by molar-refractivity contribution is 5.99. The molecule has 134 valence electrons. The van der Waals surface area contributed by atoms with Gasteiger partial charge >= 0.3 is 5.97 Å². The number of esters is 1. The molecule has 0 N–H and O–H groups in total. The molecule has 0 aliphatic carbocycles. The zero-order chi connectivity index (χ0) is 18.8. The Kier molecular flexibility index (Phi) is 4.38. The Morgan fingerprint density at radius 1 is 1.04 bits per heavy atom. The molecule has 0 saturated heterocycles. The first-order valence-electron chi connectivity index (χ1n) is 8.66. The van der Waals surface area contributed by atoms with Crippen molar-refractivity contribution in [2.45, 2.75) is 6.92 Å². The summed E-state index contributed by atoms with van der Waals surface area (Å²) in [6.07, 6.45) is 8.82. The van der Waals surface area contributed by atoms with Crippen LogP contribution in [0.25, 0.3) is 33.2 Å². The summed E-state index contributed by atoms with van der Waals surface area (Å²) in [6, 6.07) is 9.99. The third-order valence-electron chi connectivity index (χ3n) is 4.35. The summed E-state index contributed by atoms with van der Waals surface area (Å²) >= 11 is 0. The van der Waals surface area contributed by atoms with Gasteiger partial charge in [-0.2, -0.15) is 5.10 Å². The fourth-order valence-electron chi connectivity index (χ4n) is 3.01. The van der Waals surface area contributed by atoms with E-state index < -0.39 is 0 Å². The van der Waals surface area contributed by atoms with E-state index >= 15 is 0 Å². The first-order valence-corrected chi connectivity index (χ1v) is 8.66. The van der Waals surface area contributed by atoms with Crippen LogP contribution in [0.4, 0.5) is 0 Å². The molecule has 0 unspecified atom stereocenters. The molecule has 4 rings (SSSR count). The monoisotopic (exact) mass is 358 g/mol. The molecular weight excluding hydrogens is 340 g/mol. The van der Waals surface area contributed by atoms with Crippen LogP contribution in [-0.2, 0) is 11.8 Å². The van der Waals surface area contributed by atoms with E-state index in [4.69, 9.17) is 4.74 Å². The van der Waals surface area contributed by atoms with Crippen molar-refractivity contribution in [3.8, 4) is 22.3 Å². The quantitative estimate of drug-likeness (QED) is 0.518. The van der Waals surface area contributed by atoms with Crippen LogP contribution in [0.1, 0.15) is 17.3 Å². The van der Waals surface area contributed by atoms with E-state index in [9.17, 15) is 4.79 Å². The molecule has 3 heterocycles. The second-order valence-electron chi connectivity index (χ2n) is 6.18. The maximum absolute atomic E-state index is 12.1. The summed E-state index contributed by atoms with van der Waals surface area (Å²) in [5.41, 5.74) is 5.24. The molecule has 0 spiro atoms. The SMILES string of the molecule is CCOC(=O)c1cnc2cncc(-c3ccc(-c4cnn(C)c4)cc3)c2c1. The van der Waals surface area contributed by atoms with E-state index in [1.165, 1.54) is 6.20 Å². The van der Waals surface area contributed by atoms with Crippen LogP contribution >= 0.6 is 0 Å². The third-order valence-corrected chi connectivity index (χ3v) is 4.35. The summed E-state index contributed by atoms with van der Waals surface area (Å²) in [7, 11) is 1.90. The Hall–Kier alpha value is -3.54. The number of carbonyl (C=O) groups excluding carboxylic acids is 1. The number of carbonyl (C=O) groups is 1. The van der Waals surface area contributed by atoms with Gasteiger partial charge < -0.3 is 4.74 Å². The lowest BCUT2D eigenvalue weighted by molar-refractivity contribution is 0.0526. The molecule has 0 saturated carbocycles. The summed E-state index contributed by atoms with van der Waals surface area (Å²) < 4.78 is 6.86. The molecule has 0 aliphatic rings. The largest absolute Gasteiger partial charge is 0.462 e. The van der Waals surface area contributed by atoms with Crippen LogP contribution < -0.4 is 0 Å². The van der Waals surface area contributed by atoms with E-state index in [0.717, 1.165) is 33.2 Å². The lowest BCUT2D eigenvalue weighted by Crippen LogP contribution is -2.05. The lowest BCUT2D eigenvalue weighted by Gasteiger charge is -2.08. The van der Waals surface area contributed by atoms with Gasteiger partial charge in [0.05, 0.1) is 30.1 Å². The smallest absolute Gasteiger partial charge is 0.339 e. The van der Waals surface area contributed by atoms with Gasteiger partial charge in [-0.15, -0.1) is 0 Å². The predicted octanol–water partition coefficient (Wildman–Crippen LogP) is 3.87. The van der Waals surface area contributed by atoms with Crippen LogP contribution in [0.2, 0.25) is 0 Å². The Morgan fingerprint density at radius 3 is 2.52 bits per heavy atom. The van der Waals surface area contributed by atoms with Crippen molar-refractivity contribution in [2.75, 3.05) is 6.61 Å². The Morgan fingerprint density at radius 2 is 1.81 bits per heavy atom. The van der Waals surface area contributed by atoms with Crippen molar-refractivity contribution in [1.29, 1.82) is 0 Å². The van der Waals surface area contributed by atoms with Gasteiger partial charge in [0.25, 0.3) is 0 Å². The topological polar surface area (TPSA) is 69.9 Å². The van der Waals surface area contributed by atoms with E-state index in [1.54, 1.807) is 24.0 Å². The second kappa shape index (κ2) is 6.99. The number of aromatic nitrogens is 4. The molecule has 4 aromatic rings. The zero-order valence-electron chi connectivity index (χ0n) is 15.1. The lowest BCUT2D eigenvalue weighted by atomic mass is 9.99. The summed E-state index contributed by atoms with van der Waals surface area (Å²) in [6.45, 7) is 2.11. The zero-order valence-corrected chi connectivity index (χ0v) is 15.1. The summed E-state index contributed by atoms with van der Waals surface area (Å²) in [4.78, 5) is 20.7. The number of fused-ring (bicyclic) bond motifs is 1. The Labute approximate surface area is 156 Å². The van der Waals surface area contributed by atoms with E-state index in [-0.39, 0.29) is 5.97 Å². The van der Waals surface area contributed by atoms with Crippen molar-refractivity contribution >= 4 is 16.9 Å². The van der Waals surface area contributed by atoms with Crippen LogP contribution in [0.5, 0.6) is 0 Å². The number of benzene rings is 1. The minimum Gasteiger partial charge on any atom is -0.462 e. The van der Waals surface area contributed by atoms with Gasteiger partial charge in [-0.3, -0.25) is 14.6 Å². The van der Waals surface area contributed by atoms with Crippen molar-refractivity contribution < 1.29 is 9.53 Å². The maximum atomic E-state index is 12.1. The molecule has 0 fully saturated rings. The van der Waals surface area contributed by atoms with Gasteiger partial charge in [-0.25, -0.2) is 4.79 Å². The highest BCUT2D eigenvalue weighted by Crippen LogP contribution is 2.29. The fraction of sp³-hybridized carbons (Fsp3) is 0.143. The number of rotatable bonds is 4. The molecule has 1 aromatic carbocycles. The van der Waals surface area contributed by atoms with Crippen molar-refractivity contribution in [3.05, 3.63) is 66.9 Å². The second-order valence-corrected chi connectivity index (χ2v) is 6.18. The standard InChI is InChI=1S/C21H18N4O2/c1-3-27-21(26)16-8-18-19(11-22-12-20(18)23-9-16)15-6-4-14(5-7-15)17-10-24-25(2)13-17/h4-13H,3H2,1-2H3. The van der Waals surface area contributed by atoms with Crippen LogP contribution in [0, 0.1) is 0 Å². The highest BCUT2D eigenvalue weighted by Gasteiger charge is 2.12. The molecule has 0 aliphatic heterocycles. The minimum atomic E-state index is -0.374. The average molecular weight is 358 g/mol. The van der Waals surface area contributed by atoms with Gasteiger partial charge in [0.15, 0.2) is 0 Å². The molecule has 3 aromatic heterocycles. The van der Waals surface area contributed by atoms with Gasteiger partial charge in [0.2, 0.25) is 0 Å². The first kappa shape index (κ1) is 16.9. The van der Waals surface area contributed by atoms with Crippen LogP contribution in [0.15, 0.2) is 61.3 Å². The van der Waals surface area contributed by atoms with Gasteiger partial charge in [-0.05, 0) is 24.1 Å². The highest BCUT2D eigenvalue weighted by atomic mass is 16.5. The van der Waals surface area contributed by atoms with E-state index in [2.05, 4.69) is 15.1 Å². The number of pyridine rings is 2. The summed E-state index contributed by atoms with van der Waals surface area (Å²) in [5, 5.41) is 5.08. The van der Waals surface area contributed by atoms with Crippen molar-refractivity contribution in [2.24, 2.45) is 7.05 Å². The van der Waals surface area contributed by atoms with Crippen molar-refractivity contribution in [1.82, 2.24) is 19.7 Å². The molecule has 27 heavy (non-hydrogen) atoms. The van der Waals surface area contributed by atoms with Crippen molar-refractivity contribution in [3.63, 3.8) is 0 Å². The van der Waals surface area contributed by atoms with Gasteiger partial charge in [0, 0.05) is 42.2 Å². The van der Waals surface area contributed by atoms with E-state index in [0.29, 0.717) is 12.2 Å². The molecule has 6 heteroatoms. The van der Waals surface area contributed by atoms with Gasteiger partial charge in [0.1, 0.15) is 0 Å². The maximum Gasteiger partial charge on any atom is 0.339 e. The number of nitrogens with zero attached hydrogens (tertiary/aromatic N) is 4. The van der Waals surface area contributed by atoms with Crippen LogP contribution in [0.3, 0.4) is 0 Å². The van der Waals surface area contributed by atoms with Crippen LogP contribution in [-0.4, -0.2) is 32.3 Å². The fourth-order valence-corrected chi connectivity index (χ4v) is 3.01. The Balaban J connectivity index is 1.76. The van der Waals surface area contributed by atoms with Gasteiger partial charge in [-0.1, -0.05) is 24.3 Å². The first-order chi connectivity index (χ1) is 13.2. The summed E-state index contributed by atoms with van der Waals surface area (Å²) in [5.74, 6) is -0.374. The number of aryl methyl sites for hydroxylation is 1. The normalized spacial score (nSPS) is 10.9. The predicted molar refractivity (Wildman–Crippen MR) is 103 cm³/mol. The molecule has 0 atom stereocenters. The molecular formula is C21H18N4O2. The molecule has 0 bridgehead atoms. The third kappa shape index (κ3) is 3.29.